The predicted octanol–water partition coefficient (Wildman–Crippen LogP) is 4.98. The van der Waals surface area contributed by atoms with Crippen molar-refractivity contribution < 1.29 is 31.9 Å². The molecule has 0 spiro atoms. The first-order chi connectivity index (χ1) is 19.5. The Labute approximate surface area is 237 Å². The number of carbonyl (C=O) groups excluding carboxylic acids is 3. The summed E-state index contributed by atoms with van der Waals surface area (Å²) in [6.45, 7) is 0. The van der Waals surface area contributed by atoms with Crippen LogP contribution in [0.25, 0.3) is 0 Å². The van der Waals surface area contributed by atoms with Crippen molar-refractivity contribution in [1.82, 2.24) is 15.3 Å². The quantitative estimate of drug-likeness (QED) is 0.374. The van der Waals surface area contributed by atoms with Crippen LogP contribution >= 0.6 is 11.6 Å². The van der Waals surface area contributed by atoms with E-state index < -0.39 is 60.3 Å². The van der Waals surface area contributed by atoms with Gasteiger partial charge in [0.1, 0.15) is 17.7 Å². The molecular formula is C28H24ClF4N5O3. The second-order valence-electron chi connectivity index (χ2n) is 9.99. The third kappa shape index (κ3) is 6.17. The van der Waals surface area contributed by atoms with E-state index in [9.17, 15) is 31.9 Å². The molecule has 2 aromatic carbocycles. The number of hydrogen-bond acceptors (Lipinski definition) is 5. The van der Waals surface area contributed by atoms with E-state index in [1.165, 1.54) is 29.4 Å². The molecule has 3 amide bonds. The number of hydrogen-bond donors (Lipinski definition) is 1. The summed E-state index contributed by atoms with van der Waals surface area (Å²) in [4.78, 5) is 50.8. The maximum absolute atomic E-state index is 14.4. The van der Waals surface area contributed by atoms with Crippen LogP contribution in [-0.4, -0.2) is 45.7 Å². The minimum atomic E-state index is -2.93. The zero-order valence-electron chi connectivity index (χ0n) is 21.4. The van der Waals surface area contributed by atoms with Crippen LogP contribution in [0, 0.1) is 11.6 Å². The van der Waals surface area contributed by atoms with Crippen molar-refractivity contribution in [3.63, 3.8) is 0 Å². The van der Waals surface area contributed by atoms with Crippen LogP contribution in [0.15, 0.2) is 60.9 Å². The Hall–Kier alpha value is -4.06. The average molecular weight is 590 g/mol. The molecule has 1 aliphatic carbocycles. The first-order valence-electron chi connectivity index (χ1n) is 12.8. The van der Waals surface area contributed by atoms with E-state index in [2.05, 4.69) is 15.3 Å². The molecule has 41 heavy (non-hydrogen) atoms. The number of benzene rings is 2. The van der Waals surface area contributed by atoms with Gasteiger partial charge in [0, 0.05) is 66.8 Å². The monoisotopic (exact) mass is 589 g/mol. The molecule has 214 valence electrons. The van der Waals surface area contributed by atoms with Crippen molar-refractivity contribution >= 4 is 41.0 Å². The number of carbonyl (C=O) groups is 3. The van der Waals surface area contributed by atoms with Gasteiger partial charge in [0.15, 0.2) is 0 Å². The highest BCUT2D eigenvalue weighted by Crippen LogP contribution is 2.39. The molecule has 2 fully saturated rings. The maximum atomic E-state index is 14.4. The van der Waals surface area contributed by atoms with E-state index in [4.69, 9.17) is 11.6 Å². The van der Waals surface area contributed by atoms with Gasteiger partial charge >= 0.3 is 0 Å². The summed E-state index contributed by atoms with van der Waals surface area (Å²) in [7, 11) is 0. The van der Waals surface area contributed by atoms with Gasteiger partial charge in [-0.2, -0.15) is 0 Å². The number of nitrogens with one attached hydrogen (secondary N) is 1. The molecule has 2 aliphatic rings. The molecular weight excluding hydrogens is 566 g/mol. The van der Waals surface area contributed by atoms with Crippen LogP contribution in [0.3, 0.4) is 0 Å². The fourth-order valence-electron chi connectivity index (χ4n) is 5.18. The van der Waals surface area contributed by atoms with E-state index in [-0.39, 0.29) is 47.4 Å². The highest BCUT2D eigenvalue weighted by molar-refractivity contribution is 6.31. The van der Waals surface area contributed by atoms with E-state index >= 15 is 0 Å². The summed E-state index contributed by atoms with van der Waals surface area (Å²) in [5.74, 6) is -6.81. The normalized spacial score (nSPS) is 19.0. The Bertz CT molecular complexity index is 1450. The number of aromatic nitrogens is 2. The number of rotatable bonds is 8. The molecule has 2 unspecified atom stereocenters. The van der Waals surface area contributed by atoms with Gasteiger partial charge < -0.3 is 5.32 Å². The van der Waals surface area contributed by atoms with Crippen molar-refractivity contribution in [2.24, 2.45) is 0 Å². The molecule has 3 aromatic rings. The number of alkyl halides is 2. The van der Waals surface area contributed by atoms with Gasteiger partial charge in [-0.15, -0.1) is 0 Å². The number of anilines is 2. The fourth-order valence-corrected chi connectivity index (χ4v) is 5.42. The molecule has 5 rings (SSSR count). The Morgan fingerprint density at radius 2 is 1.73 bits per heavy atom. The zero-order valence-corrected chi connectivity index (χ0v) is 22.2. The third-order valence-corrected chi connectivity index (χ3v) is 7.38. The van der Waals surface area contributed by atoms with Crippen LogP contribution in [0.2, 0.25) is 5.02 Å². The van der Waals surface area contributed by atoms with Gasteiger partial charge in [-0.1, -0.05) is 29.8 Å². The first-order valence-corrected chi connectivity index (χ1v) is 13.2. The van der Waals surface area contributed by atoms with Crippen molar-refractivity contribution in [3.05, 3.63) is 83.1 Å². The Kier molecular flexibility index (Phi) is 7.94. The second kappa shape index (κ2) is 11.4. The molecule has 8 nitrogen and oxygen atoms in total. The standard InChI is InChI=1S/C28H24ClF4N5O3/c29-22-5-2-1-4-21(22)25(26(41)36-18-14-28(32,33)15-18)37(20-11-16(30)10-17(31)12-20)24(40)13-19-6-7-23(39)38(19)27-34-8-3-9-35-27/h1-5,8-12,18-19,25H,6-7,13-15H2,(H,36,41). The molecule has 0 radical (unpaired) electrons. The largest absolute Gasteiger partial charge is 0.351 e. The molecule has 1 N–H and O–H groups in total. The summed E-state index contributed by atoms with van der Waals surface area (Å²) in [5.41, 5.74) is -0.181. The van der Waals surface area contributed by atoms with Crippen molar-refractivity contribution in [1.29, 1.82) is 0 Å². The molecule has 13 heteroatoms. The lowest BCUT2D eigenvalue weighted by molar-refractivity contribution is -0.133. The van der Waals surface area contributed by atoms with Gasteiger partial charge in [-0.3, -0.25) is 24.2 Å². The average Bonchev–Trinajstić information content (AvgIpc) is 3.25. The third-order valence-electron chi connectivity index (χ3n) is 7.04. The van der Waals surface area contributed by atoms with Crippen LogP contribution in [0.5, 0.6) is 0 Å². The lowest BCUT2D eigenvalue weighted by atomic mass is 9.87. The zero-order chi connectivity index (χ0) is 29.3. The summed E-state index contributed by atoms with van der Waals surface area (Å²) in [6.07, 6.45) is 1.70. The topological polar surface area (TPSA) is 95.5 Å². The Balaban J connectivity index is 1.55. The predicted molar refractivity (Wildman–Crippen MR) is 141 cm³/mol. The van der Waals surface area contributed by atoms with E-state index in [1.54, 1.807) is 18.2 Å². The van der Waals surface area contributed by atoms with Gasteiger partial charge in [0.2, 0.25) is 23.7 Å². The van der Waals surface area contributed by atoms with Crippen LogP contribution in [-0.2, 0) is 14.4 Å². The van der Waals surface area contributed by atoms with Gasteiger partial charge in [0.05, 0.1) is 5.69 Å². The molecule has 2 heterocycles. The maximum Gasteiger partial charge on any atom is 0.252 e. The van der Waals surface area contributed by atoms with E-state index in [0.717, 1.165) is 17.0 Å². The van der Waals surface area contributed by atoms with Crippen LogP contribution in [0.1, 0.15) is 43.7 Å². The molecule has 1 aliphatic heterocycles. The Morgan fingerprint density at radius 3 is 2.37 bits per heavy atom. The highest BCUT2D eigenvalue weighted by atomic mass is 35.5. The number of halogens is 5. The van der Waals surface area contributed by atoms with Crippen molar-refractivity contribution in [3.8, 4) is 0 Å². The SMILES string of the molecule is O=C(NC1CC(F)(F)C1)C(c1ccccc1Cl)N(C(=O)CC1CCC(=O)N1c1ncccn1)c1cc(F)cc(F)c1. The van der Waals surface area contributed by atoms with Crippen molar-refractivity contribution in [2.45, 2.75) is 56.2 Å². The first kappa shape index (κ1) is 28.5. The van der Waals surface area contributed by atoms with Crippen LogP contribution in [0.4, 0.5) is 29.2 Å². The molecule has 1 aromatic heterocycles. The molecule has 1 saturated carbocycles. The van der Waals surface area contributed by atoms with Gasteiger partial charge in [-0.25, -0.2) is 27.5 Å². The van der Waals surface area contributed by atoms with E-state index in [1.807, 2.05) is 0 Å². The summed E-state index contributed by atoms with van der Waals surface area (Å²) < 4.78 is 56.0. The minimum absolute atomic E-state index is 0.0663. The van der Waals surface area contributed by atoms with E-state index in [0.29, 0.717) is 6.07 Å². The molecule has 0 bridgehead atoms. The number of nitrogens with zero attached hydrogens (tertiary/aromatic N) is 4. The van der Waals surface area contributed by atoms with Gasteiger partial charge in [0.25, 0.3) is 5.92 Å². The summed E-state index contributed by atoms with van der Waals surface area (Å²) in [5, 5.41) is 2.59. The highest BCUT2D eigenvalue weighted by Gasteiger charge is 2.47. The lowest BCUT2D eigenvalue weighted by Crippen LogP contribution is -2.54. The Morgan fingerprint density at radius 1 is 1.07 bits per heavy atom. The second-order valence-corrected chi connectivity index (χ2v) is 10.4. The summed E-state index contributed by atoms with van der Waals surface area (Å²) >= 11 is 6.43. The molecule has 1 saturated heterocycles. The smallest absolute Gasteiger partial charge is 0.252 e. The fraction of sp³-hybridized carbons (Fsp3) is 0.321. The number of amides is 3. The van der Waals surface area contributed by atoms with Crippen LogP contribution < -0.4 is 15.1 Å². The summed E-state index contributed by atoms with van der Waals surface area (Å²) in [6, 6.07) is 6.83. The van der Waals surface area contributed by atoms with Gasteiger partial charge in [-0.05, 0) is 30.7 Å². The lowest BCUT2D eigenvalue weighted by Gasteiger charge is -2.38. The van der Waals surface area contributed by atoms with Crippen molar-refractivity contribution in [2.75, 3.05) is 9.80 Å². The minimum Gasteiger partial charge on any atom is -0.351 e. The molecule has 2 atom stereocenters.